The molecule has 2 rings (SSSR count). The standard InChI is InChI=1S/C16H24O.C8H14O.C2H6/c17-16-12-11-15(13-16)10-6-2-5-9-14-7-3-1-4-8-14;1-3-4-5-6-7-8(2)9;1-2/h1,3-4,7-8,15-17H,2,5-6,9-13H2;3-4H,5-7H2,1-2H3;1-2H3/b;4-3-;/t15?,16-;;/m0../s1. The zero-order valence-electron chi connectivity index (χ0n) is 18.8. The first-order valence-corrected chi connectivity index (χ1v) is 11.4. The summed E-state index contributed by atoms with van der Waals surface area (Å²) in [6.07, 6.45) is 16.7. The van der Waals surface area contributed by atoms with Crippen LogP contribution in [0.1, 0.15) is 97.5 Å². The zero-order valence-corrected chi connectivity index (χ0v) is 18.8. The molecule has 1 saturated carbocycles. The lowest BCUT2D eigenvalue weighted by atomic mass is 9.98. The molecule has 0 amide bonds. The van der Waals surface area contributed by atoms with Crippen molar-refractivity contribution in [2.45, 2.75) is 104 Å². The van der Waals surface area contributed by atoms with E-state index in [4.69, 9.17) is 0 Å². The SMILES string of the molecule is C/C=C\CCCC(C)=O.CC.O[C@H]1CCC(CCCCCc2ccccc2)C1. The monoisotopic (exact) mass is 388 g/mol. The fraction of sp³-hybridized carbons (Fsp3) is 0.654. The third-order valence-corrected chi connectivity index (χ3v) is 5.07. The maximum atomic E-state index is 10.4. The van der Waals surface area contributed by atoms with E-state index in [0.717, 1.165) is 38.0 Å². The number of aliphatic hydroxyl groups excluding tert-OH is 1. The number of hydrogen-bond donors (Lipinski definition) is 1. The number of unbranched alkanes of at least 4 members (excludes halogenated alkanes) is 3. The third kappa shape index (κ3) is 15.6. The van der Waals surface area contributed by atoms with E-state index in [1.807, 2.05) is 26.8 Å². The van der Waals surface area contributed by atoms with Crippen LogP contribution in [0, 0.1) is 5.92 Å². The smallest absolute Gasteiger partial charge is 0.129 e. The number of carbonyl (C=O) groups excluding carboxylic acids is 1. The highest BCUT2D eigenvalue weighted by Crippen LogP contribution is 2.29. The van der Waals surface area contributed by atoms with Gasteiger partial charge in [0.2, 0.25) is 0 Å². The maximum Gasteiger partial charge on any atom is 0.129 e. The second kappa shape index (κ2) is 18.9. The van der Waals surface area contributed by atoms with Gasteiger partial charge in [0.15, 0.2) is 0 Å². The predicted octanol–water partition coefficient (Wildman–Crippen LogP) is 7.30. The number of aryl methyl sites for hydroxylation is 1. The Morgan fingerprint density at radius 1 is 1.07 bits per heavy atom. The molecule has 0 heterocycles. The molecule has 2 atom stereocenters. The summed E-state index contributed by atoms with van der Waals surface area (Å²) in [6, 6.07) is 10.8. The number of benzene rings is 1. The first-order valence-electron chi connectivity index (χ1n) is 11.4. The number of Topliss-reactive ketones (excluding diaryl/α,β-unsaturated/α-hetero) is 1. The fourth-order valence-electron chi connectivity index (χ4n) is 3.53. The molecule has 0 bridgehead atoms. The van der Waals surface area contributed by atoms with Crippen molar-refractivity contribution in [3.63, 3.8) is 0 Å². The number of carbonyl (C=O) groups is 1. The molecule has 0 aliphatic heterocycles. The van der Waals surface area contributed by atoms with Crippen molar-refractivity contribution < 1.29 is 9.90 Å². The van der Waals surface area contributed by atoms with Gasteiger partial charge in [0.05, 0.1) is 6.10 Å². The molecule has 28 heavy (non-hydrogen) atoms. The van der Waals surface area contributed by atoms with Crippen LogP contribution in [0.2, 0.25) is 0 Å². The van der Waals surface area contributed by atoms with Crippen LogP contribution in [-0.2, 0) is 11.2 Å². The molecule has 2 nitrogen and oxygen atoms in total. The summed E-state index contributed by atoms with van der Waals surface area (Å²) in [5, 5.41) is 9.45. The minimum Gasteiger partial charge on any atom is -0.393 e. The summed E-state index contributed by atoms with van der Waals surface area (Å²) in [5.74, 6) is 1.10. The van der Waals surface area contributed by atoms with Crippen molar-refractivity contribution in [2.24, 2.45) is 5.92 Å². The highest BCUT2D eigenvalue weighted by atomic mass is 16.3. The second-order valence-corrected chi connectivity index (χ2v) is 7.58. The Hall–Kier alpha value is -1.41. The Balaban J connectivity index is 0.000000566. The molecule has 1 N–H and O–H groups in total. The molecule has 1 aliphatic rings. The summed E-state index contributed by atoms with van der Waals surface area (Å²) < 4.78 is 0. The molecule has 2 heteroatoms. The summed E-state index contributed by atoms with van der Waals surface area (Å²) >= 11 is 0. The Labute approximate surface area is 174 Å². The number of allylic oxidation sites excluding steroid dienone is 2. The summed E-state index contributed by atoms with van der Waals surface area (Å²) in [6.45, 7) is 7.63. The van der Waals surface area contributed by atoms with Gasteiger partial charge in [-0.3, -0.25) is 0 Å². The van der Waals surface area contributed by atoms with Crippen molar-refractivity contribution in [1.29, 1.82) is 0 Å². The van der Waals surface area contributed by atoms with Crippen molar-refractivity contribution in [2.75, 3.05) is 0 Å². The van der Waals surface area contributed by atoms with Crippen molar-refractivity contribution in [1.82, 2.24) is 0 Å². The van der Waals surface area contributed by atoms with Crippen LogP contribution in [0.5, 0.6) is 0 Å². The first kappa shape index (κ1) is 26.6. The van der Waals surface area contributed by atoms with E-state index in [0.29, 0.717) is 5.78 Å². The van der Waals surface area contributed by atoms with Crippen molar-refractivity contribution in [3.05, 3.63) is 48.0 Å². The highest BCUT2D eigenvalue weighted by Gasteiger charge is 2.21. The van der Waals surface area contributed by atoms with E-state index in [-0.39, 0.29) is 6.10 Å². The number of hydrogen-bond acceptors (Lipinski definition) is 2. The summed E-state index contributed by atoms with van der Waals surface area (Å²) in [4.78, 5) is 10.4. The van der Waals surface area contributed by atoms with Gasteiger partial charge in [-0.15, -0.1) is 0 Å². The molecular weight excluding hydrogens is 344 g/mol. The number of rotatable bonds is 10. The van der Waals surface area contributed by atoms with E-state index in [1.54, 1.807) is 6.92 Å². The van der Waals surface area contributed by atoms with Crippen LogP contribution in [0.25, 0.3) is 0 Å². The van der Waals surface area contributed by atoms with Gasteiger partial charge in [0.1, 0.15) is 5.78 Å². The molecule has 0 aromatic heterocycles. The van der Waals surface area contributed by atoms with E-state index < -0.39 is 0 Å². The van der Waals surface area contributed by atoms with E-state index in [2.05, 4.69) is 36.4 Å². The van der Waals surface area contributed by atoms with Gasteiger partial charge in [0.25, 0.3) is 0 Å². The predicted molar refractivity (Wildman–Crippen MR) is 123 cm³/mol. The Bertz CT molecular complexity index is 492. The van der Waals surface area contributed by atoms with Gasteiger partial charge in [-0.1, -0.05) is 75.6 Å². The zero-order chi connectivity index (χ0) is 21.0. The lowest BCUT2D eigenvalue weighted by Crippen LogP contribution is -2.00. The lowest BCUT2D eigenvalue weighted by Gasteiger charge is -2.08. The average molecular weight is 389 g/mol. The molecule has 1 fully saturated rings. The normalized spacial score (nSPS) is 18.2. The topological polar surface area (TPSA) is 37.3 Å². The maximum absolute atomic E-state index is 10.4. The van der Waals surface area contributed by atoms with E-state index in [9.17, 15) is 9.90 Å². The largest absolute Gasteiger partial charge is 0.393 e. The van der Waals surface area contributed by atoms with Gasteiger partial charge in [-0.05, 0) is 70.3 Å². The molecule has 0 spiro atoms. The van der Waals surface area contributed by atoms with Crippen LogP contribution in [0.4, 0.5) is 0 Å². The van der Waals surface area contributed by atoms with Crippen LogP contribution < -0.4 is 0 Å². The van der Waals surface area contributed by atoms with Crippen LogP contribution in [0.3, 0.4) is 0 Å². The Morgan fingerprint density at radius 2 is 1.79 bits per heavy atom. The van der Waals surface area contributed by atoms with Crippen LogP contribution >= 0.6 is 0 Å². The van der Waals surface area contributed by atoms with Gasteiger partial charge in [0, 0.05) is 6.42 Å². The molecule has 0 saturated heterocycles. The molecule has 1 aliphatic carbocycles. The van der Waals surface area contributed by atoms with Gasteiger partial charge in [-0.25, -0.2) is 0 Å². The minimum absolute atomic E-state index is 0.00400. The minimum atomic E-state index is 0.00400. The molecule has 1 unspecified atom stereocenters. The molecule has 0 radical (unpaired) electrons. The van der Waals surface area contributed by atoms with Gasteiger partial charge >= 0.3 is 0 Å². The molecule has 1 aromatic carbocycles. The van der Waals surface area contributed by atoms with E-state index in [1.165, 1.54) is 44.1 Å². The molecule has 160 valence electrons. The summed E-state index contributed by atoms with van der Waals surface area (Å²) in [5.41, 5.74) is 1.46. The van der Waals surface area contributed by atoms with Crippen molar-refractivity contribution >= 4 is 5.78 Å². The quantitative estimate of drug-likeness (QED) is 0.337. The van der Waals surface area contributed by atoms with E-state index >= 15 is 0 Å². The molecule has 1 aromatic rings. The Morgan fingerprint density at radius 3 is 2.36 bits per heavy atom. The average Bonchev–Trinajstić information content (AvgIpc) is 3.13. The number of ketones is 1. The van der Waals surface area contributed by atoms with Crippen LogP contribution in [0.15, 0.2) is 42.5 Å². The van der Waals surface area contributed by atoms with Gasteiger partial charge < -0.3 is 9.90 Å². The fourth-order valence-corrected chi connectivity index (χ4v) is 3.53. The van der Waals surface area contributed by atoms with Gasteiger partial charge in [-0.2, -0.15) is 0 Å². The summed E-state index contributed by atoms with van der Waals surface area (Å²) in [7, 11) is 0. The Kier molecular flexibility index (Phi) is 18.0. The molecular formula is C26H44O2. The van der Waals surface area contributed by atoms with Crippen molar-refractivity contribution in [3.8, 4) is 0 Å². The van der Waals surface area contributed by atoms with Crippen LogP contribution in [-0.4, -0.2) is 17.0 Å². The third-order valence-electron chi connectivity index (χ3n) is 5.07. The second-order valence-electron chi connectivity index (χ2n) is 7.58. The number of aliphatic hydroxyl groups is 1. The highest BCUT2D eigenvalue weighted by molar-refractivity contribution is 5.75. The lowest BCUT2D eigenvalue weighted by molar-refractivity contribution is -0.117. The first-order chi connectivity index (χ1) is 13.6.